The molecule has 0 unspecified atom stereocenters. The zero-order valence-electron chi connectivity index (χ0n) is 11.0. The van der Waals surface area contributed by atoms with Crippen molar-refractivity contribution in [3.8, 4) is 0 Å². The number of fused-ring (bicyclic) bond motifs is 1. The Balaban J connectivity index is 2.53. The van der Waals surface area contributed by atoms with Crippen LogP contribution in [-0.2, 0) is 0 Å². The number of aliphatic hydroxyl groups excluding tert-OH is 1. The van der Waals surface area contributed by atoms with E-state index in [1.807, 2.05) is 0 Å². The lowest BCUT2D eigenvalue weighted by atomic mass is 10.1. The van der Waals surface area contributed by atoms with Gasteiger partial charge in [0.05, 0.1) is 12.2 Å². The van der Waals surface area contributed by atoms with Crippen molar-refractivity contribution in [2.45, 2.75) is 0 Å². The van der Waals surface area contributed by atoms with Crippen LogP contribution in [0.5, 0.6) is 0 Å². The lowest BCUT2D eigenvalue weighted by Crippen LogP contribution is -2.34. The highest BCUT2D eigenvalue weighted by atomic mass is 16.3. The smallest absolute Gasteiger partial charge is 0.255 e. The van der Waals surface area contributed by atoms with Gasteiger partial charge in [0.25, 0.3) is 5.91 Å². The molecule has 0 aliphatic carbocycles. The van der Waals surface area contributed by atoms with Gasteiger partial charge in [-0.1, -0.05) is 24.3 Å². The number of para-hydroxylation sites is 1. The third kappa shape index (κ3) is 2.78. The van der Waals surface area contributed by atoms with E-state index in [2.05, 4.69) is 11.6 Å². The van der Waals surface area contributed by atoms with Crippen molar-refractivity contribution in [3.05, 3.63) is 58.9 Å². The molecule has 20 heavy (non-hydrogen) atoms. The van der Waals surface area contributed by atoms with Crippen LogP contribution in [0.3, 0.4) is 0 Å². The lowest BCUT2D eigenvalue weighted by Gasteiger charge is -2.20. The number of aromatic nitrogens is 1. The molecule has 1 aromatic carbocycles. The summed E-state index contributed by atoms with van der Waals surface area (Å²) in [6.07, 6.45) is 1.59. The number of pyridine rings is 1. The van der Waals surface area contributed by atoms with Crippen LogP contribution in [0, 0.1) is 0 Å². The number of carbonyl (C=O) groups excluding carboxylic acids is 1. The molecule has 0 fully saturated rings. The summed E-state index contributed by atoms with van der Waals surface area (Å²) in [5.74, 6) is -0.291. The predicted molar refractivity (Wildman–Crippen MR) is 77.8 cm³/mol. The van der Waals surface area contributed by atoms with Crippen molar-refractivity contribution in [2.24, 2.45) is 0 Å². The molecule has 0 atom stereocenters. The van der Waals surface area contributed by atoms with Crippen LogP contribution in [0.4, 0.5) is 0 Å². The number of aromatic amines is 1. The number of rotatable bonds is 5. The summed E-state index contributed by atoms with van der Waals surface area (Å²) in [5.41, 5.74) is 0.625. The molecule has 2 N–H and O–H groups in total. The largest absolute Gasteiger partial charge is 0.395 e. The van der Waals surface area contributed by atoms with Gasteiger partial charge in [-0.15, -0.1) is 6.58 Å². The number of benzene rings is 1. The van der Waals surface area contributed by atoms with E-state index in [1.165, 1.54) is 11.0 Å². The zero-order chi connectivity index (χ0) is 14.5. The summed E-state index contributed by atoms with van der Waals surface area (Å²) in [5, 5.41) is 9.72. The van der Waals surface area contributed by atoms with Crippen LogP contribution in [0.1, 0.15) is 10.4 Å². The number of hydrogen-bond donors (Lipinski definition) is 2. The van der Waals surface area contributed by atoms with Gasteiger partial charge in [0.15, 0.2) is 0 Å². The molecule has 0 saturated heterocycles. The van der Waals surface area contributed by atoms with Crippen LogP contribution in [0.2, 0.25) is 0 Å². The van der Waals surface area contributed by atoms with Crippen molar-refractivity contribution in [3.63, 3.8) is 0 Å². The van der Waals surface area contributed by atoms with Crippen LogP contribution in [0.15, 0.2) is 47.8 Å². The summed E-state index contributed by atoms with van der Waals surface area (Å²) in [6.45, 7) is 3.98. The van der Waals surface area contributed by atoms with Gasteiger partial charge in [0.1, 0.15) is 0 Å². The number of aliphatic hydroxyl groups is 1. The van der Waals surface area contributed by atoms with Gasteiger partial charge in [-0.25, -0.2) is 0 Å². The molecular weight excluding hydrogens is 256 g/mol. The first-order chi connectivity index (χ1) is 9.67. The number of amides is 1. The Morgan fingerprint density at radius 2 is 2.15 bits per heavy atom. The lowest BCUT2D eigenvalue weighted by molar-refractivity contribution is 0.0744. The highest BCUT2D eigenvalue weighted by Crippen LogP contribution is 2.16. The van der Waals surface area contributed by atoms with E-state index in [-0.39, 0.29) is 24.6 Å². The number of carbonyl (C=O) groups is 1. The first-order valence-electron chi connectivity index (χ1n) is 6.30. The second-order valence-electron chi connectivity index (χ2n) is 4.36. The van der Waals surface area contributed by atoms with E-state index < -0.39 is 0 Å². The molecule has 5 heteroatoms. The third-order valence-electron chi connectivity index (χ3n) is 2.99. The Hall–Kier alpha value is -2.40. The maximum Gasteiger partial charge on any atom is 0.255 e. The first kappa shape index (κ1) is 14.0. The topological polar surface area (TPSA) is 73.4 Å². The molecule has 1 amide bonds. The minimum Gasteiger partial charge on any atom is -0.395 e. The number of nitrogens with zero attached hydrogens (tertiary/aromatic N) is 1. The standard InChI is InChI=1S/C15H16N2O3/c1-2-7-17(8-9-18)15(20)12-10-14(19)16-13-6-4-3-5-11(12)13/h2-6,10,18H,1,7-9H2,(H,16,19). The normalized spacial score (nSPS) is 10.4. The third-order valence-corrected chi connectivity index (χ3v) is 2.99. The molecule has 104 valence electrons. The SMILES string of the molecule is C=CCN(CCO)C(=O)c1cc(=O)[nH]c2ccccc12. The van der Waals surface area contributed by atoms with Gasteiger partial charge in [0, 0.05) is 30.1 Å². The highest BCUT2D eigenvalue weighted by molar-refractivity contribution is 6.05. The average molecular weight is 272 g/mol. The number of nitrogens with one attached hydrogen (secondary N) is 1. The second-order valence-corrected chi connectivity index (χ2v) is 4.36. The minimum absolute atomic E-state index is 0.138. The van der Waals surface area contributed by atoms with E-state index in [4.69, 9.17) is 5.11 Å². The van der Waals surface area contributed by atoms with E-state index in [1.54, 1.807) is 30.3 Å². The Labute approximate surface area is 116 Å². The van der Waals surface area contributed by atoms with Crippen LogP contribution in [-0.4, -0.2) is 40.6 Å². The monoisotopic (exact) mass is 272 g/mol. The van der Waals surface area contributed by atoms with E-state index in [0.717, 1.165) is 0 Å². The number of hydrogen-bond acceptors (Lipinski definition) is 3. The van der Waals surface area contributed by atoms with Gasteiger partial charge in [-0.2, -0.15) is 0 Å². The predicted octanol–water partition coefficient (Wildman–Crippen LogP) is 1.15. The van der Waals surface area contributed by atoms with Crippen LogP contribution >= 0.6 is 0 Å². The zero-order valence-corrected chi connectivity index (χ0v) is 11.0. The second kappa shape index (κ2) is 6.16. The van der Waals surface area contributed by atoms with Crippen molar-refractivity contribution in [2.75, 3.05) is 19.7 Å². The van der Waals surface area contributed by atoms with Gasteiger partial charge in [-0.05, 0) is 6.07 Å². The maximum atomic E-state index is 12.5. The minimum atomic E-state index is -0.324. The Morgan fingerprint density at radius 1 is 1.40 bits per heavy atom. The Morgan fingerprint density at radius 3 is 2.85 bits per heavy atom. The maximum absolute atomic E-state index is 12.5. The van der Waals surface area contributed by atoms with E-state index >= 15 is 0 Å². The summed E-state index contributed by atoms with van der Waals surface area (Å²) >= 11 is 0. The van der Waals surface area contributed by atoms with Gasteiger partial charge in [0.2, 0.25) is 5.56 Å². The van der Waals surface area contributed by atoms with Gasteiger partial charge >= 0.3 is 0 Å². The van der Waals surface area contributed by atoms with Crippen molar-refractivity contribution >= 4 is 16.8 Å². The molecule has 0 bridgehead atoms. The highest BCUT2D eigenvalue weighted by Gasteiger charge is 2.17. The van der Waals surface area contributed by atoms with Crippen LogP contribution < -0.4 is 5.56 Å². The molecule has 2 aromatic rings. The summed E-state index contributed by atoms with van der Waals surface area (Å²) < 4.78 is 0. The fourth-order valence-corrected chi connectivity index (χ4v) is 2.10. The molecule has 1 aromatic heterocycles. The first-order valence-corrected chi connectivity index (χ1v) is 6.30. The van der Waals surface area contributed by atoms with E-state index in [9.17, 15) is 9.59 Å². The molecule has 0 radical (unpaired) electrons. The Kier molecular flexibility index (Phi) is 4.32. The number of H-pyrrole nitrogens is 1. The summed E-state index contributed by atoms with van der Waals surface area (Å²) in [6, 6.07) is 8.42. The summed E-state index contributed by atoms with van der Waals surface area (Å²) in [4.78, 5) is 28.3. The molecule has 5 nitrogen and oxygen atoms in total. The van der Waals surface area contributed by atoms with Crippen molar-refractivity contribution in [1.82, 2.24) is 9.88 Å². The van der Waals surface area contributed by atoms with E-state index in [0.29, 0.717) is 23.0 Å². The fourth-order valence-electron chi connectivity index (χ4n) is 2.10. The van der Waals surface area contributed by atoms with Gasteiger partial charge in [-0.3, -0.25) is 9.59 Å². The molecule has 0 saturated carbocycles. The van der Waals surface area contributed by atoms with Gasteiger partial charge < -0.3 is 15.0 Å². The molecule has 0 aliphatic heterocycles. The molecule has 2 rings (SSSR count). The molecule has 0 spiro atoms. The average Bonchev–Trinajstić information content (AvgIpc) is 2.45. The summed E-state index contributed by atoms with van der Waals surface area (Å²) in [7, 11) is 0. The molecule has 0 aliphatic rings. The van der Waals surface area contributed by atoms with Crippen LogP contribution in [0.25, 0.3) is 10.9 Å². The van der Waals surface area contributed by atoms with Crippen molar-refractivity contribution in [1.29, 1.82) is 0 Å². The fraction of sp³-hybridized carbons (Fsp3) is 0.200. The Bertz CT molecular complexity index is 691. The molecule has 1 heterocycles. The van der Waals surface area contributed by atoms with Crippen molar-refractivity contribution < 1.29 is 9.90 Å². The quantitative estimate of drug-likeness (QED) is 0.802. The molecular formula is C15H16N2O3.